The molecule has 1 aromatic heterocycles. The number of fused-ring (bicyclic) bond motifs is 5. The Morgan fingerprint density at radius 2 is 1.88 bits per heavy atom. The van der Waals surface area contributed by atoms with Crippen molar-refractivity contribution in [2.45, 2.75) is 58.8 Å². The first-order valence-corrected chi connectivity index (χ1v) is 10.1. The number of nitrogens with zero attached hydrogens (tertiary/aromatic N) is 3. The molecule has 1 aromatic carbocycles. The van der Waals surface area contributed by atoms with E-state index in [2.05, 4.69) is 76.2 Å². The molecule has 0 N–H and O–H groups in total. The fraction of sp³-hybridized carbons (Fsp3) is 0.600. The van der Waals surface area contributed by atoms with E-state index >= 15 is 0 Å². The Morgan fingerprint density at radius 1 is 1.15 bits per heavy atom. The van der Waals surface area contributed by atoms with Gasteiger partial charge in [0, 0.05) is 52.8 Å². The van der Waals surface area contributed by atoms with Crippen LogP contribution in [0.3, 0.4) is 0 Å². The van der Waals surface area contributed by atoms with Crippen molar-refractivity contribution in [1.29, 1.82) is 0 Å². The Bertz CT molecular complexity index is 774. The van der Waals surface area contributed by atoms with Gasteiger partial charge in [-0.1, -0.05) is 22.9 Å². The Morgan fingerprint density at radius 3 is 2.54 bits per heavy atom. The zero-order chi connectivity index (χ0) is 17.0. The molecule has 4 rings (SSSR count). The summed E-state index contributed by atoms with van der Waals surface area (Å²) in [6.07, 6.45) is 1.26. The summed E-state index contributed by atoms with van der Waals surface area (Å²) in [6.45, 7) is 14.0. The molecule has 2 atom stereocenters. The van der Waals surface area contributed by atoms with Gasteiger partial charge in [-0.2, -0.15) is 0 Å². The van der Waals surface area contributed by atoms with Crippen LogP contribution in [0.1, 0.15) is 44.5 Å². The number of halogens is 3. The number of aryl methyl sites for hydroxylation is 2. The van der Waals surface area contributed by atoms with Crippen molar-refractivity contribution in [2.24, 2.45) is 0 Å². The van der Waals surface area contributed by atoms with E-state index in [1.165, 1.54) is 40.4 Å². The Hall–Kier alpha value is -0.260. The van der Waals surface area contributed by atoms with Gasteiger partial charge in [0.15, 0.2) is 0 Å². The van der Waals surface area contributed by atoms with E-state index in [0.29, 0.717) is 18.1 Å². The Balaban J connectivity index is 0.00000121. The van der Waals surface area contributed by atoms with Crippen LogP contribution in [0.25, 0.3) is 10.9 Å². The normalized spacial score (nSPS) is 23.3. The number of likely N-dealkylation sites (N-methyl/N-ethyl adjacent to an activating group) is 1. The summed E-state index contributed by atoms with van der Waals surface area (Å²) < 4.78 is 3.78. The average Bonchev–Trinajstić information content (AvgIpc) is 2.86. The number of rotatable bonds is 2. The van der Waals surface area contributed by atoms with Gasteiger partial charge < -0.3 is 4.57 Å². The van der Waals surface area contributed by atoms with Gasteiger partial charge in [-0.25, -0.2) is 0 Å². The van der Waals surface area contributed by atoms with Crippen LogP contribution in [0.15, 0.2) is 22.7 Å². The van der Waals surface area contributed by atoms with Gasteiger partial charge in [-0.3, -0.25) is 9.80 Å². The lowest BCUT2D eigenvalue weighted by molar-refractivity contribution is -0.0151. The molecule has 0 saturated carbocycles. The largest absolute Gasteiger partial charge is 0.343 e. The van der Waals surface area contributed by atoms with Crippen molar-refractivity contribution in [3.8, 4) is 0 Å². The molecule has 146 valence electrons. The van der Waals surface area contributed by atoms with Crippen molar-refractivity contribution < 1.29 is 0 Å². The van der Waals surface area contributed by atoms with E-state index in [9.17, 15) is 0 Å². The molecule has 6 heteroatoms. The zero-order valence-electron chi connectivity index (χ0n) is 16.0. The summed E-state index contributed by atoms with van der Waals surface area (Å²) in [5.74, 6) is 0. The molecule has 2 unspecified atom stereocenters. The van der Waals surface area contributed by atoms with E-state index in [1.54, 1.807) is 5.69 Å². The molecule has 26 heavy (non-hydrogen) atoms. The highest BCUT2D eigenvalue weighted by Gasteiger charge is 2.42. The molecule has 0 spiro atoms. The molecule has 0 bridgehead atoms. The van der Waals surface area contributed by atoms with E-state index in [4.69, 9.17) is 0 Å². The predicted octanol–water partition coefficient (Wildman–Crippen LogP) is 5.42. The maximum Gasteiger partial charge on any atom is 0.0662 e. The summed E-state index contributed by atoms with van der Waals surface area (Å²) in [4.78, 5) is 5.45. The van der Waals surface area contributed by atoms with Gasteiger partial charge in [0.25, 0.3) is 0 Å². The van der Waals surface area contributed by atoms with E-state index in [1.807, 2.05) is 0 Å². The zero-order valence-corrected chi connectivity index (χ0v) is 19.3. The average molecular weight is 463 g/mol. The molecule has 1 saturated heterocycles. The van der Waals surface area contributed by atoms with Crippen LogP contribution >= 0.6 is 40.7 Å². The third-order valence-corrected chi connectivity index (χ3v) is 6.65. The van der Waals surface area contributed by atoms with Crippen molar-refractivity contribution >= 4 is 51.6 Å². The molecule has 2 aliphatic heterocycles. The summed E-state index contributed by atoms with van der Waals surface area (Å²) >= 11 is 3.66. The smallest absolute Gasteiger partial charge is 0.0662 e. The number of aromatic nitrogens is 1. The lowest BCUT2D eigenvalue weighted by atomic mass is 9.89. The molecule has 0 amide bonds. The van der Waals surface area contributed by atoms with Gasteiger partial charge >= 0.3 is 0 Å². The van der Waals surface area contributed by atoms with Crippen LogP contribution in [0.5, 0.6) is 0 Å². The number of benzene rings is 1. The number of hydrogen-bond acceptors (Lipinski definition) is 2. The molecule has 1 fully saturated rings. The molecule has 0 aliphatic carbocycles. The lowest BCUT2D eigenvalue weighted by Crippen LogP contribution is -2.58. The maximum atomic E-state index is 3.66. The second-order valence-corrected chi connectivity index (χ2v) is 8.50. The highest BCUT2D eigenvalue weighted by Crippen LogP contribution is 2.43. The van der Waals surface area contributed by atoms with Crippen LogP contribution in [0.4, 0.5) is 0 Å². The molecule has 3 nitrogen and oxygen atoms in total. The first-order valence-electron chi connectivity index (χ1n) is 9.31. The molecular formula is C20H30BrCl2N3. The minimum absolute atomic E-state index is 0. The van der Waals surface area contributed by atoms with Gasteiger partial charge in [-0.05, 0) is 57.5 Å². The van der Waals surface area contributed by atoms with Crippen LogP contribution in [-0.2, 0) is 6.54 Å². The first kappa shape index (κ1) is 22.0. The van der Waals surface area contributed by atoms with Crippen molar-refractivity contribution in [3.63, 3.8) is 0 Å². The summed E-state index contributed by atoms with van der Waals surface area (Å²) in [5.41, 5.74) is 4.44. The molecular weight excluding hydrogens is 433 g/mol. The van der Waals surface area contributed by atoms with Crippen molar-refractivity contribution in [3.05, 3.63) is 33.9 Å². The van der Waals surface area contributed by atoms with Crippen LogP contribution < -0.4 is 0 Å². The second-order valence-electron chi connectivity index (χ2n) is 7.58. The summed E-state index contributed by atoms with van der Waals surface area (Å²) in [7, 11) is 0. The van der Waals surface area contributed by atoms with Crippen molar-refractivity contribution in [1.82, 2.24) is 14.4 Å². The van der Waals surface area contributed by atoms with Crippen LogP contribution in [0, 0.1) is 6.92 Å². The fourth-order valence-corrected chi connectivity index (χ4v) is 5.41. The van der Waals surface area contributed by atoms with E-state index in [-0.39, 0.29) is 24.8 Å². The molecule has 0 radical (unpaired) electrons. The minimum Gasteiger partial charge on any atom is -0.343 e. The van der Waals surface area contributed by atoms with Gasteiger partial charge in [-0.15, -0.1) is 24.8 Å². The highest BCUT2D eigenvalue weighted by atomic mass is 79.9. The SMILES string of the molecule is CCN1CCN(C(C)C)C2CCn3c(c(C)c4cc(Br)ccc43)C21.Cl.Cl. The highest BCUT2D eigenvalue weighted by molar-refractivity contribution is 9.10. The third-order valence-electron chi connectivity index (χ3n) is 6.16. The first-order chi connectivity index (χ1) is 11.5. The van der Waals surface area contributed by atoms with E-state index in [0.717, 1.165) is 13.1 Å². The van der Waals surface area contributed by atoms with Gasteiger partial charge in [0.2, 0.25) is 0 Å². The Labute approximate surface area is 178 Å². The second kappa shape index (κ2) is 8.40. The van der Waals surface area contributed by atoms with E-state index < -0.39 is 0 Å². The fourth-order valence-electron chi connectivity index (χ4n) is 5.05. The monoisotopic (exact) mass is 461 g/mol. The van der Waals surface area contributed by atoms with Gasteiger partial charge in [0.05, 0.1) is 6.04 Å². The standard InChI is InChI=1S/C20H28BrN3.2ClH/c1-5-22-10-11-23(13(2)3)18-8-9-24-17-7-6-15(21)12-16(17)14(4)19(24)20(18)22;;/h6-7,12-13,18,20H,5,8-11H2,1-4H3;2*1H. The minimum atomic E-state index is 0. The molecule has 3 heterocycles. The number of hydrogen-bond donors (Lipinski definition) is 0. The predicted molar refractivity (Wildman–Crippen MR) is 119 cm³/mol. The summed E-state index contributed by atoms with van der Waals surface area (Å²) in [6, 6.07) is 8.57. The topological polar surface area (TPSA) is 11.4 Å². The summed E-state index contributed by atoms with van der Waals surface area (Å²) in [5, 5.41) is 1.41. The maximum absolute atomic E-state index is 3.66. The molecule has 2 aliphatic rings. The molecule has 2 aromatic rings. The third kappa shape index (κ3) is 3.33. The quantitative estimate of drug-likeness (QED) is 0.590. The van der Waals surface area contributed by atoms with Crippen LogP contribution in [0.2, 0.25) is 0 Å². The van der Waals surface area contributed by atoms with Crippen LogP contribution in [-0.4, -0.2) is 46.1 Å². The Kier molecular flexibility index (Phi) is 7.12. The number of piperazine rings is 1. The van der Waals surface area contributed by atoms with Crippen molar-refractivity contribution in [2.75, 3.05) is 19.6 Å². The van der Waals surface area contributed by atoms with Gasteiger partial charge in [0.1, 0.15) is 0 Å². The lowest BCUT2D eigenvalue weighted by Gasteiger charge is -2.51.